The number of anilines is 1. The second-order valence-electron chi connectivity index (χ2n) is 7.08. The summed E-state index contributed by atoms with van der Waals surface area (Å²) in [5, 5.41) is 40.6. The van der Waals surface area contributed by atoms with Crippen LogP contribution in [0, 0.1) is 23.7 Å². The molecule has 0 aliphatic carbocycles. The first kappa shape index (κ1) is 27.4. The minimum atomic E-state index is -1.26. The van der Waals surface area contributed by atoms with Crippen LogP contribution in [-0.4, -0.2) is 46.3 Å². The lowest BCUT2D eigenvalue weighted by Gasteiger charge is -2.17. The van der Waals surface area contributed by atoms with Crippen LogP contribution in [0.15, 0.2) is 54.6 Å². The number of nitrogens with one attached hydrogen (secondary N) is 2. The number of aliphatic carboxylic acids is 2. The third-order valence-corrected chi connectivity index (χ3v) is 4.49. The van der Waals surface area contributed by atoms with Crippen LogP contribution in [0.2, 0.25) is 0 Å². The molecule has 0 aliphatic heterocycles. The van der Waals surface area contributed by atoms with Gasteiger partial charge in [0.25, 0.3) is 0 Å². The summed E-state index contributed by atoms with van der Waals surface area (Å²) in [7, 11) is 0. The number of phenols is 1. The fraction of sp³-hybridized carbons (Fsp3) is 0.200. The Balaban J connectivity index is 0.000000620. The summed E-state index contributed by atoms with van der Waals surface area (Å²) in [6.07, 6.45) is 7.78. The van der Waals surface area contributed by atoms with Gasteiger partial charge in [0.15, 0.2) is 0 Å². The van der Waals surface area contributed by atoms with Gasteiger partial charge in [-0.3, -0.25) is 4.79 Å². The molecule has 2 unspecified atom stereocenters. The summed E-state index contributed by atoms with van der Waals surface area (Å²) in [4.78, 5) is 29.7. The van der Waals surface area contributed by atoms with Crippen molar-refractivity contribution in [1.29, 1.82) is 5.26 Å². The molecular formula is C25H25N3O6. The molecule has 2 aromatic carbocycles. The molecule has 2 aromatic rings. The average Bonchev–Trinajstić information content (AvgIpc) is 2.81. The number of nitriles is 1. The van der Waals surface area contributed by atoms with Crippen molar-refractivity contribution in [2.45, 2.75) is 25.3 Å². The molecule has 0 saturated carbocycles. The molecule has 0 fully saturated rings. The number of nitrogens with zero attached hydrogens (tertiary/aromatic N) is 1. The van der Waals surface area contributed by atoms with Crippen LogP contribution >= 0.6 is 0 Å². The van der Waals surface area contributed by atoms with Crippen molar-refractivity contribution in [2.75, 3.05) is 11.9 Å². The van der Waals surface area contributed by atoms with Crippen molar-refractivity contribution in [1.82, 2.24) is 5.32 Å². The van der Waals surface area contributed by atoms with Crippen molar-refractivity contribution in [3.63, 3.8) is 0 Å². The van der Waals surface area contributed by atoms with Gasteiger partial charge >= 0.3 is 11.9 Å². The van der Waals surface area contributed by atoms with Gasteiger partial charge in [0.2, 0.25) is 6.41 Å². The number of carbonyl (C=O) groups excluding carboxylic acids is 1. The molecular weight excluding hydrogens is 438 g/mol. The van der Waals surface area contributed by atoms with Gasteiger partial charge in [-0.25, -0.2) is 9.59 Å². The highest BCUT2D eigenvalue weighted by atomic mass is 16.4. The van der Waals surface area contributed by atoms with Crippen molar-refractivity contribution in [2.24, 2.45) is 0 Å². The first-order valence-corrected chi connectivity index (χ1v) is 10.1. The number of aromatic hydroxyl groups is 1. The molecule has 0 heterocycles. The number of carbonyl (C=O) groups is 3. The summed E-state index contributed by atoms with van der Waals surface area (Å²) < 4.78 is 0. The third-order valence-electron chi connectivity index (χ3n) is 4.49. The molecule has 9 nitrogen and oxygen atoms in total. The highest BCUT2D eigenvalue weighted by Gasteiger charge is 2.14. The monoisotopic (exact) mass is 463 g/mol. The van der Waals surface area contributed by atoms with E-state index in [0.29, 0.717) is 30.8 Å². The van der Waals surface area contributed by atoms with Crippen molar-refractivity contribution in [3.8, 4) is 24.2 Å². The van der Waals surface area contributed by atoms with E-state index in [0.717, 1.165) is 17.5 Å². The Morgan fingerprint density at radius 2 is 1.74 bits per heavy atom. The van der Waals surface area contributed by atoms with Crippen molar-refractivity contribution in [3.05, 3.63) is 71.3 Å². The normalized spacial score (nSPS) is 11.7. The molecule has 0 aromatic heterocycles. The van der Waals surface area contributed by atoms with Gasteiger partial charge in [0.05, 0.1) is 17.7 Å². The van der Waals surface area contributed by atoms with E-state index in [1.165, 1.54) is 11.6 Å². The lowest BCUT2D eigenvalue weighted by molar-refractivity contribution is -0.134. The van der Waals surface area contributed by atoms with Gasteiger partial charge < -0.3 is 26.0 Å². The van der Waals surface area contributed by atoms with Crippen LogP contribution in [0.5, 0.6) is 5.75 Å². The number of benzene rings is 2. The van der Waals surface area contributed by atoms with E-state index in [-0.39, 0.29) is 11.8 Å². The number of carboxylic acid groups (broad SMARTS) is 2. The quantitative estimate of drug-likeness (QED) is 0.155. The Bertz CT molecular complexity index is 1080. The maximum atomic E-state index is 10.6. The van der Waals surface area contributed by atoms with E-state index in [1.54, 1.807) is 12.1 Å². The van der Waals surface area contributed by atoms with Crippen LogP contribution in [-0.2, 0) is 20.8 Å². The Hall–Kier alpha value is -4.60. The highest BCUT2D eigenvalue weighted by molar-refractivity contribution is 5.89. The standard InChI is InChI=1S/C21H21N3O2.C4H4O4/c1-3-16-4-6-17(7-5-16)10-15(2)23-13-19(12-22)18-8-9-21(26)20(11-18)24-14-25;5-3(6)1-2-4(7)8/h1,4-9,11,14-15,19,23,26H,10,13H2,2H3,(H,24,25);1-2H,(H,5,6)(H,7,8)/b;2-1+. The van der Waals surface area contributed by atoms with Gasteiger partial charge in [-0.2, -0.15) is 5.26 Å². The van der Waals surface area contributed by atoms with Crippen LogP contribution < -0.4 is 10.6 Å². The molecule has 1 amide bonds. The van der Waals surface area contributed by atoms with E-state index in [1.807, 2.05) is 24.3 Å². The molecule has 0 spiro atoms. The van der Waals surface area contributed by atoms with E-state index < -0.39 is 17.9 Å². The lowest BCUT2D eigenvalue weighted by Crippen LogP contribution is -2.31. The van der Waals surface area contributed by atoms with E-state index >= 15 is 0 Å². The van der Waals surface area contributed by atoms with Gasteiger partial charge in [0, 0.05) is 30.3 Å². The zero-order valence-electron chi connectivity index (χ0n) is 18.4. The summed E-state index contributed by atoms with van der Waals surface area (Å²) in [6.45, 7) is 2.52. The first-order chi connectivity index (χ1) is 16.2. The predicted molar refractivity (Wildman–Crippen MR) is 126 cm³/mol. The van der Waals surface area contributed by atoms with Gasteiger partial charge in [0.1, 0.15) is 5.75 Å². The van der Waals surface area contributed by atoms with Crippen LogP contribution in [0.4, 0.5) is 5.69 Å². The van der Waals surface area contributed by atoms with Crippen molar-refractivity contribution < 1.29 is 29.7 Å². The summed E-state index contributed by atoms with van der Waals surface area (Å²) >= 11 is 0. The smallest absolute Gasteiger partial charge is 0.328 e. The number of rotatable bonds is 10. The van der Waals surface area contributed by atoms with Gasteiger partial charge in [-0.15, -0.1) is 6.42 Å². The Morgan fingerprint density at radius 1 is 1.12 bits per heavy atom. The largest absolute Gasteiger partial charge is 0.506 e. The maximum absolute atomic E-state index is 10.6. The van der Waals surface area contributed by atoms with Crippen LogP contribution in [0.3, 0.4) is 0 Å². The van der Waals surface area contributed by atoms with E-state index in [4.69, 9.17) is 16.6 Å². The molecule has 9 heteroatoms. The fourth-order valence-electron chi connectivity index (χ4n) is 2.81. The highest BCUT2D eigenvalue weighted by Crippen LogP contribution is 2.27. The second kappa shape index (κ2) is 14.5. The molecule has 176 valence electrons. The zero-order chi connectivity index (χ0) is 25.5. The van der Waals surface area contributed by atoms with Crippen molar-refractivity contribution >= 4 is 24.0 Å². The van der Waals surface area contributed by atoms with Crippen LogP contribution in [0.1, 0.15) is 29.5 Å². The van der Waals surface area contributed by atoms with E-state index in [2.05, 4.69) is 29.5 Å². The summed E-state index contributed by atoms with van der Waals surface area (Å²) in [6, 6.07) is 15.0. The zero-order valence-corrected chi connectivity index (χ0v) is 18.4. The molecule has 5 N–H and O–H groups in total. The van der Waals surface area contributed by atoms with E-state index in [9.17, 15) is 24.8 Å². The fourth-order valence-corrected chi connectivity index (χ4v) is 2.81. The molecule has 34 heavy (non-hydrogen) atoms. The Morgan fingerprint density at radius 3 is 2.24 bits per heavy atom. The number of carboxylic acids is 2. The molecule has 2 rings (SSSR count). The van der Waals surface area contributed by atoms with Gasteiger partial charge in [-0.1, -0.05) is 24.1 Å². The second-order valence-corrected chi connectivity index (χ2v) is 7.08. The Labute approximate surface area is 197 Å². The summed E-state index contributed by atoms with van der Waals surface area (Å²) in [5.41, 5.74) is 3.04. The minimum Gasteiger partial charge on any atom is -0.506 e. The maximum Gasteiger partial charge on any atom is 0.328 e. The molecule has 0 bridgehead atoms. The lowest BCUT2D eigenvalue weighted by atomic mass is 9.98. The number of terminal acetylenes is 1. The Kier molecular flexibility index (Phi) is 11.7. The van der Waals surface area contributed by atoms with Gasteiger partial charge in [-0.05, 0) is 48.7 Å². The SMILES string of the molecule is C#Cc1ccc(CC(C)NCC(C#N)c2ccc(O)c(NC=O)c2)cc1.O=C(O)/C=C/C(=O)O. The summed E-state index contributed by atoms with van der Waals surface area (Å²) in [5.74, 6) is -0.347. The molecule has 2 atom stereocenters. The van der Waals surface area contributed by atoms with Crippen LogP contribution in [0.25, 0.3) is 0 Å². The minimum absolute atomic E-state index is 0.0331. The number of phenolic OH excluding ortho intramolecular Hbond substituents is 1. The topological polar surface area (TPSA) is 160 Å². The number of amides is 1. The first-order valence-electron chi connectivity index (χ1n) is 10.1. The molecule has 0 radical (unpaired) electrons. The number of hydrogen-bond acceptors (Lipinski definition) is 6. The predicted octanol–water partition coefficient (Wildman–Crippen LogP) is 2.48. The molecule has 0 saturated heterocycles. The molecule has 0 aliphatic rings. The number of hydrogen-bond donors (Lipinski definition) is 5. The third kappa shape index (κ3) is 10.1. The average molecular weight is 463 g/mol.